The van der Waals surface area contributed by atoms with Gasteiger partial charge < -0.3 is 0 Å². The Morgan fingerprint density at radius 1 is 0.800 bits per heavy atom. The molecule has 1 aromatic heterocycles. The van der Waals surface area contributed by atoms with Crippen LogP contribution in [0.3, 0.4) is 0 Å². The minimum absolute atomic E-state index is 1.18. The highest BCUT2D eigenvalue weighted by molar-refractivity contribution is 5.11. The molecule has 0 saturated heterocycles. The first kappa shape index (κ1) is 17.2. The maximum atomic E-state index is 2.40. The van der Waals surface area contributed by atoms with Gasteiger partial charge in [0.15, 0.2) is 11.9 Å². The number of rotatable bonds is 11. The molecule has 0 aliphatic carbocycles. The van der Waals surface area contributed by atoms with Crippen molar-refractivity contribution in [1.82, 2.24) is 0 Å². The largest absolute Gasteiger partial charge is 0.202 e. The predicted octanol–water partition coefficient (Wildman–Crippen LogP) is 5.51. The Morgan fingerprint density at radius 3 is 1.95 bits per heavy atom. The zero-order valence-corrected chi connectivity index (χ0v) is 14.0. The highest BCUT2D eigenvalue weighted by atomic mass is 14.9. The summed E-state index contributed by atoms with van der Waals surface area (Å²) in [6.07, 6.45) is 16.3. The number of nitrogens with zero attached hydrogens (tertiary/aromatic N) is 1. The van der Waals surface area contributed by atoms with E-state index < -0.39 is 0 Å². The van der Waals surface area contributed by atoms with Crippen LogP contribution in [0.1, 0.15) is 82.4 Å². The van der Waals surface area contributed by atoms with Crippen molar-refractivity contribution in [2.45, 2.75) is 91.5 Å². The molecule has 1 aromatic rings. The van der Waals surface area contributed by atoms with Crippen molar-refractivity contribution < 1.29 is 4.57 Å². The lowest BCUT2D eigenvalue weighted by Crippen LogP contribution is -2.37. The van der Waals surface area contributed by atoms with Gasteiger partial charge in [-0.2, -0.15) is 0 Å². The molecule has 0 aromatic carbocycles. The van der Waals surface area contributed by atoms with Crippen LogP contribution in [0.5, 0.6) is 0 Å². The first-order valence-corrected chi connectivity index (χ1v) is 8.71. The molecule has 1 heterocycles. The molecule has 0 amide bonds. The molecule has 114 valence electrons. The smallest absolute Gasteiger partial charge is 0.181 e. The molecule has 1 nitrogen and oxygen atoms in total. The Morgan fingerprint density at radius 2 is 1.35 bits per heavy atom. The maximum absolute atomic E-state index is 2.40. The van der Waals surface area contributed by atoms with Crippen LogP contribution >= 0.6 is 0 Å². The minimum atomic E-state index is 1.18. The van der Waals surface area contributed by atoms with Crippen LogP contribution in [0.2, 0.25) is 0 Å². The first-order valence-electron chi connectivity index (χ1n) is 8.71. The molecule has 0 unspecified atom stereocenters. The third-order valence-corrected chi connectivity index (χ3v) is 4.37. The van der Waals surface area contributed by atoms with E-state index in [0.29, 0.717) is 0 Å². The third kappa shape index (κ3) is 7.07. The molecule has 0 bridgehead atoms. The van der Waals surface area contributed by atoms with Crippen molar-refractivity contribution in [3.63, 3.8) is 0 Å². The van der Waals surface area contributed by atoms with Crippen LogP contribution in [-0.2, 0) is 6.54 Å². The number of hydrogen-bond acceptors (Lipinski definition) is 0. The van der Waals surface area contributed by atoms with E-state index in [4.69, 9.17) is 0 Å². The Hall–Kier alpha value is -0.850. The van der Waals surface area contributed by atoms with E-state index in [2.05, 4.69) is 43.7 Å². The summed E-state index contributed by atoms with van der Waals surface area (Å²) in [5, 5.41) is 0. The molecule has 0 spiro atoms. The quantitative estimate of drug-likeness (QED) is 0.370. The van der Waals surface area contributed by atoms with Gasteiger partial charge in [-0.15, -0.1) is 0 Å². The molecule has 0 fully saturated rings. The second-order valence-corrected chi connectivity index (χ2v) is 6.15. The number of hydrogen-bond donors (Lipinski definition) is 0. The Bertz CT molecular complexity index is 357. The Balaban J connectivity index is 1.98. The van der Waals surface area contributed by atoms with Gasteiger partial charge in [-0.05, 0) is 19.4 Å². The van der Waals surface area contributed by atoms with Gasteiger partial charge in [-0.25, -0.2) is 4.57 Å². The minimum Gasteiger partial charge on any atom is -0.202 e. The summed E-state index contributed by atoms with van der Waals surface area (Å²) < 4.78 is 2.40. The molecule has 1 heteroatoms. The van der Waals surface area contributed by atoms with Gasteiger partial charge in [0.05, 0.1) is 0 Å². The number of aromatic nitrogens is 1. The fraction of sp³-hybridized carbons (Fsp3) is 0.737. The second-order valence-electron chi connectivity index (χ2n) is 6.15. The average Bonchev–Trinajstić information content (AvgIpc) is 2.45. The van der Waals surface area contributed by atoms with Crippen molar-refractivity contribution in [2.75, 3.05) is 0 Å². The van der Waals surface area contributed by atoms with Crippen molar-refractivity contribution in [2.24, 2.45) is 0 Å². The van der Waals surface area contributed by atoms with Crippen LogP contribution in [0.15, 0.2) is 18.3 Å². The predicted molar refractivity (Wildman–Crippen MR) is 88.0 cm³/mol. The summed E-state index contributed by atoms with van der Waals surface area (Å²) >= 11 is 0. The summed E-state index contributed by atoms with van der Waals surface area (Å²) in [6, 6.07) is 4.36. The van der Waals surface area contributed by atoms with Gasteiger partial charge in [0.25, 0.3) is 0 Å². The highest BCUT2D eigenvalue weighted by Gasteiger charge is 2.06. The van der Waals surface area contributed by atoms with E-state index in [9.17, 15) is 0 Å². The zero-order chi connectivity index (χ0) is 14.6. The van der Waals surface area contributed by atoms with Crippen LogP contribution in [0.25, 0.3) is 0 Å². The summed E-state index contributed by atoms with van der Waals surface area (Å²) in [5.74, 6) is 0. The summed E-state index contributed by atoms with van der Waals surface area (Å²) in [6.45, 7) is 7.90. The molecule has 0 aliphatic rings. The molecular formula is C19H34N+. The van der Waals surface area contributed by atoms with E-state index >= 15 is 0 Å². The van der Waals surface area contributed by atoms with Gasteiger partial charge >= 0.3 is 0 Å². The molecule has 0 atom stereocenters. The van der Waals surface area contributed by atoms with E-state index in [1.807, 2.05) is 0 Å². The molecule has 0 saturated carbocycles. The van der Waals surface area contributed by atoms with Crippen LogP contribution in [-0.4, -0.2) is 0 Å². The number of unbranched alkanes of at least 4 members (excludes halogenated alkanes) is 9. The van der Waals surface area contributed by atoms with E-state index in [-0.39, 0.29) is 0 Å². The Kier molecular flexibility index (Phi) is 9.36. The van der Waals surface area contributed by atoms with E-state index in [1.54, 1.807) is 0 Å². The van der Waals surface area contributed by atoms with Crippen molar-refractivity contribution >= 4 is 0 Å². The second kappa shape index (κ2) is 10.9. The van der Waals surface area contributed by atoms with Crippen molar-refractivity contribution in [3.8, 4) is 0 Å². The van der Waals surface area contributed by atoms with Gasteiger partial charge in [-0.1, -0.05) is 58.3 Å². The maximum Gasteiger partial charge on any atom is 0.181 e. The lowest BCUT2D eigenvalue weighted by atomic mass is 10.1. The average molecular weight is 276 g/mol. The lowest BCUT2D eigenvalue weighted by molar-refractivity contribution is -0.703. The van der Waals surface area contributed by atoms with Crippen LogP contribution in [0.4, 0.5) is 0 Å². The molecular weight excluding hydrogens is 242 g/mol. The van der Waals surface area contributed by atoms with Crippen LogP contribution in [0, 0.1) is 13.8 Å². The SMILES string of the molecule is CCCCCCCCCCCC[n+]1cccc(C)c1C. The standard InChI is InChI=1S/C19H34N/c1-4-5-6-7-8-9-10-11-12-13-16-20-17-14-15-18(2)19(20)3/h14-15,17H,4-13,16H2,1-3H3/q+1. The normalized spacial score (nSPS) is 10.9. The topological polar surface area (TPSA) is 3.88 Å². The van der Waals surface area contributed by atoms with Gasteiger partial charge in [0.2, 0.25) is 0 Å². The van der Waals surface area contributed by atoms with Crippen LogP contribution < -0.4 is 4.57 Å². The fourth-order valence-electron chi connectivity index (χ4n) is 2.76. The molecule has 0 aliphatic heterocycles. The zero-order valence-electron chi connectivity index (χ0n) is 14.0. The molecule has 0 radical (unpaired) electrons. The van der Waals surface area contributed by atoms with E-state index in [0.717, 1.165) is 0 Å². The first-order chi connectivity index (χ1) is 9.75. The fourth-order valence-corrected chi connectivity index (χ4v) is 2.76. The summed E-state index contributed by atoms with van der Waals surface area (Å²) in [7, 11) is 0. The summed E-state index contributed by atoms with van der Waals surface area (Å²) in [4.78, 5) is 0. The number of pyridine rings is 1. The monoisotopic (exact) mass is 276 g/mol. The summed E-state index contributed by atoms with van der Waals surface area (Å²) in [5.41, 5.74) is 2.82. The highest BCUT2D eigenvalue weighted by Crippen LogP contribution is 2.10. The third-order valence-electron chi connectivity index (χ3n) is 4.37. The number of aryl methyl sites for hydroxylation is 2. The van der Waals surface area contributed by atoms with Gasteiger partial charge in [0.1, 0.15) is 6.54 Å². The molecule has 20 heavy (non-hydrogen) atoms. The Labute approximate surface area is 126 Å². The van der Waals surface area contributed by atoms with Gasteiger partial charge in [0, 0.05) is 25.0 Å². The molecule has 1 rings (SSSR count). The van der Waals surface area contributed by atoms with Crippen molar-refractivity contribution in [1.29, 1.82) is 0 Å². The lowest BCUT2D eigenvalue weighted by Gasteiger charge is -2.03. The van der Waals surface area contributed by atoms with E-state index in [1.165, 1.54) is 82.0 Å². The van der Waals surface area contributed by atoms with Crippen molar-refractivity contribution in [3.05, 3.63) is 29.6 Å². The van der Waals surface area contributed by atoms with Gasteiger partial charge in [-0.3, -0.25) is 0 Å². The molecule has 0 N–H and O–H groups in total.